The van der Waals surface area contributed by atoms with Crippen LogP contribution in [0.15, 0.2) is 24.3 Å². The Kier molecular flexibility index (Phi) is 57.5. The first-order chi connectivity index (χ1) is 41.0. The molecule has 0 saturated carbocycles. The number of unbranched alkanes of at least 4 members (excludes halogenated alkanes) is 33. The summed E-state index contributed by atoms with van der Waals surface area (Å²) in [6.45, 7) is 7.05. The summed E-state index contributed by atoms with van der Waals surface area (Å²) in [5.41, 5.74) is 0. The van der Waals surface area contributed by atoms with Gasteiger partial charge in [0.2, 0.25) is 0 Å². The lowest BCUT2D eigenvalue weighted by Crippen LogP contribution is -2.30. The van der Waals surface area contributed by atoms with E-state index < -0.39 is 97.5 Å². The Bertz CT molecular complexity index is 1740. The lowest BCUT2D eigenvalue weighted by atomic mass is 10.0. The zero-order valence-electron chi connectivity index (χ0n) is 54.2. The van der Waals surface area contributed by atoms with Gasteiger partial charge in [0.25, 0.3) is 0 Å². The Balaban J connectivity index is 5.27. The fourth-order valence-corrected chi connectivity index (χ4v) is 11.0. The highest BCUT2D eigenvalue weighted by Crippen LogP contribution is 2.45. The predicted molar refractivity (Wildman–Crippen MR) is 340 cm³/mol. The van der Waals surface area contributed by atoms with Gasteiger partial charge in [-0.15, -0.1) is 0 Å². The molecule has 0 aliphatic heterocycles. The lowest BCUT2D eigenvalue weighted by Gasteiger charge is -2.21. The summed E-state index contributed by atoms with van der Waals surface area (Å²) in [4.78, 5) is 72.2. The van der Waals surface area contributed by atoms with E-state index in [1.165, 1.54) is 116 Å². The quantitative estimate of drug-likeness (QED) is 0.0169. The molecule has 0 radical (unpaired) electrons. The summed E-state index contributed by atoms with van der Waals surface area (Å²) in [5, 5.41) is 10.5. The molecule has 17 nitrogen and oxygen atoms in total. The average molecular weight is 1250 g/mol. The van der Waals surface area contributed by atoms with Crippen molar-refractivity contribution in [3.63, 3.8) is 0 Å². The van der Waals surface area contributed by atoms with Gasteiger partial charge in [0.15, 0.2) is 12.2 Å². The second kappa shape index (κ2) is 59.2. The van der Waals surface area contributed by atoms with Crippen LogP contribution in [0.4, 0.5) is 0 Å². The molecule has 0 aromatic carbocycles. The first-order valence-electron chi connectivity index (χ1n) is 34.0. The molecular formula is C66H124O17P2. The van der Waals surface area contributed by atoms with Crippen molar-refractivity contribution < 1.29 is 80.2 Å². The highest BCUT2D eigenvalue weighted by atomic mass is 31.2. The molecule has 3 N–H and O–H groups in total. The molecule has 0 spiro atoms. The molecule has 19 heteroatoms. The van der Waals surface area contributed by atoms with Crippen molar-refractivity contribution in [2.24, 2.45) is 5.92 Å². The average Bonchev–Trinajstić information content (AvgIpc) is 3.47. The number of allylic oxidation sites excluding steroid dienone is 4. The van der Waals surface area contributed by atoms with Gasteiger partial charge in [-0.25, -0.2) is 9.13 Å². The molecule has 0 amide bonds. The van der Waals surface area contributed by atoms with Crippen LogP contribution >= 0.6 is 15.6 Å². The summed E-state index contributed by atoms with van der Waals surface area (Å²) in [6.07, 6.45) is 46.7. The van der Waals surface area contributed by atoms with Gasteiger partial charge >= 0.3 is 39.5 Å². The van der Waals surface area contributed by atoms with Gasteiger partial charge in [0.05, 0.1) is 26.4 Å². The largest absolute Gasteiger partial charge is 0.472 e. The van der Waals surface area contributed by atoms with Crippen LogP contribution in [0.3, 0.4) is 0 Å². The van der Waals surface area contributed by atoms with Crippen LogP contribution in [-0.4, -0.2) is 96.7 Å². The summed E-state index contributed by atoms with van der Waals surface area (Å²) in [6, 6.07) is 0. The van der Waals surface area contributed by atoms with Gasteiger partial charge in [-0.2, -0.15) is 0 Å². The highest BCUT2D eigenvalue weighted by molar-refractivity contribution is 7.47. The van der Waals surface area contributed by atoms with Crippen LogP contribution < -0.4 is 0 Å². The number of carbonyl (C=O) groups is 4. The second-order valence-electron chi connectivity index (χ2n) is 23.6. The minimum Gasteiger partial charge on any atom is -0.462 e. The molecular weight excluding hydrogens is 1130 g/mol. The monoisotopic (exact) mass is 1250 g/mol. The SMILES string of the molecule is CCCCCC/C=C\C=C/CCCCCCCC(=O)O[C@H](COC(=O)CCCCCCCCCCCCC)COP(=O)(O)OC[C@@H](O)COP(=O)(O)OC[C@@H](COC(=O)CCCCCCCCC(C)C)OC(=O)CCCCCCCCCCCC. The van der Waals surface area contributed by atoms with E-state index in [1.54, 1.807) is 0 Å². The van der Waals surface area contributed by atoms with Gasteiger partial charge < -0.3 is 33.8 Å². The molecule has 0 saturated heterocycles. The molecule has 2 unspecified atom stereocenters. The van der Waals surface area contributed by atoms with Crippen LogP contribution in [0.5, 0.6) is 0 Å². The molecule has 0 aliphatic carbocycles. The maximum Gasteiger partial charge on any atom is 0.472 e. The van der Waals surface area contributed by atoms with Crippen LogP contribution in [0.25, 0.3) is 0 Å². The predicted octanol–water partition coefficient (Wildman–Crippen LogP) is 18.1. The Labute approximate surface area is 516 Å². The number of esters is 4. The second-order valence-corrected chi connectivity index (χ2v) is 26.6. The van der Waals surface area contributed by atoms with E-state index in [1.807, 2.05) is 0 Å². The summed E-state index contributed by atoms with van der Waals surface area (Å²) in [7, 11) is -9.90. The van der Waals surface area contributed by atoms with Crippen molar-refractivity contribution in [2.75, 3.05) is 39.6 Å². The van der Waals surface area contributed by atoms with Crippen molar-refractivity contribution in [3.8, 4) is 0 Å². The third-order valence-electron chi connectivity index (χ3n) is 14.7. The van der Waals surface area contributed by atoms with Crippen LogP contribution in [-0.2, 0) is 65.4 Å². The van der Waals surface area contributed by atoms with E-state index in [-0.39, 0.29) is 25.7 Å². The molecule has 85 heavy (non-hydrogen) atoms. The van der Waals surface area contributed by atoms with Crippen molar-refractivity contribution in [1.82, 2.24) is 0 Å². The number of phosphoric ester groups is 2. The van der Waals surface area contributed by atoms with E-state index in [9.17, 15) is 43.2 Å². The standard InChI is InChI=1S/C66H124O17P2/c1-6-9-12-15-18-21-24-25-26-27-29-32-35-42-47-52-66(71)82-61(55-76-63(68)49-44-39-33-31-28-22-19-16-13-10-7-2)57-80-84(72,73)78-53-60(67)54-79-85(74,75)81-58-62(56-77-64(69)50-45-40-37-36-38-43-48-59(4)5)83-65(70)51-46-41-34-30-23-20-17-14-11-8-3/h21,24-26,59-62,67H,6-20,22-23,27-58H2,1-5H3,(H,72,73)(H,74,75)/b24-21-,26-25-/t60-,61-,62-/m1/s1. The maximum absolute atomic E-state index is 13.0. The van der Waals surface area contributed by atoms with E-state index in [4.69, 9.17) is 37.0 Å². The highest BCUT2D eigenvalue weighted by Gasteiger charge is 2.30. The van der Waals surface area contributed by atoms with E-state index in [0.717, 1.165) is 109 Å². The molecule has 0 heterocycles. The zero-order chi connectivity index (χ0) is 62.8. The molecule has 5 atom stereocenters. The number of aliphatic hydroxyl groups is 1. The summed E-state index contributed by atoms with van der Waals surface area (Å²) >= 11 is 0. The number of ether oxygens (including phenoxy) is 4. The fourth-order valence-electron chi connectivity index (χ4n) is 9.40. The number of phosphoric acid groups is 2. The Morgan fingerprint density at radius 1 is 0.365 bits per heavy atom. The van der Waals surface area contributed by atoms with Crippen molar-refractivity contribution >= 4 is 39.5 Å². The minimum atomic E-state index is -4.95. The summed E-state index contributed by atoms with van der Waals surface area (Å²) in [5.74, 6) is -1.48. The minimum absolute atomic E-state index is 0.0851. The first kappa shape index (κ1) is 82.5. The third kappa shape index (κ3) is 60.2. The van der Waals surface area contributed by atoms with E-state index >= 15 is 0 Å². The molecule has 0 aliphatic rings. The van der Waals surface area contributed by atoms with Crippen molar-refractivity contribution in [1.29, 1.82) is 0 Å². The molecule has 0 bridgehead atoms. The number of hydrogen-bond acceptors (Lipinski definition) is 15. The first-order valence-corrected chi connectivity index (χ1v) is 36.9. The fraction of sp³-hybridized carbons (Fsp3) is 0.879. The Morgan fingerprint density at radius 3 is 0.965 bits per heavy atom. The Morgan fingerprint density at radius 2 is 0.635 bits per heavy atom. The van der Waals surface area contributed by atoms with E-state index in [0.29, 0.717) is 31.6 Å². The van der Waals surface area contributed by atoms with Crippen LogP contribution in [0, 0.1) is 5.92 Å². The molecule has 0 aromatic heterocycles. The van der Waals surface area contributed by atoms with Crippen molar-refractivity contribution in [2.45, 2.75) is 329 Å². The zero-order valence-corrected chi connectivity index (χ0v) is 56.0. The smallest absolute Gasteiger partial charge is 0.462 e. The van der Waals surface area contributed by atoms with Gasteiger partial charge in [-0.05, 0) is 57.3 Å². The number of aliphatic hydroxyl groups excluding tert-OH is 1. The Hall–Kier alpha value is -2.46. The van der Waals surface area contributed by atoms with Gasteiger partial charge in [-0.3, -0.25) is 37.3 Å². The molecule has 0 aromatic rings. The van der Waals surface area contributed by atoms with Crippen LogP contribution in [0.2, 0.25) is 0 Å². The van der Waals surface area contributed by atoms with Gasteiger partial charge in [0, 0.05) is 25.7 Å². The number of hydrogen-bond donors (Lipinski definition) is 3. The van der Waals surface area contributed by atoms with Gasteiger partial charge in [0.1, 0.15) is 19.3 Å². The maximum atomic E-state index is 13.0. The topological polar surface area (TPSA) is 237 Å². The van der Waals surface area contributed by atoms with Gasteiger partial charge in [-0.1, -0.05) is 258 Å². The molecule has 500 valence electrons. The number of carbonyl (C=O) groups excluding carboxylic acids is 4. The van der Waals surface area contributed by atoms with E-state index in [2.05, 4.69) is 58.9 Å². The normalized spacial score (nSPS) is 14.4. The third-order valence-corrected chi connectivity index (χ3v) is 16.6. The van der Waals surface area contributed by atoms with Crippen molar-refractivity contribution in [3.05, 3.63) is 24.3 Å². The van der Waals surface area contributed by atoms with Crippen LogP contribution in [0.1, 0.15) is 311 Å². The summed E-state index contributed by atoms with van der Waals surface area (Å²) < 4.78 is 68.0. The number of rotatable bonds is 64. The lowest BCUT2D eigenvalue weighted by molar-refractivity contribution is -0.161. The molecule has 0 fully saturated rings. The molecule has 0 rings (SSSR count).